The van der Waals surface area contributed by atoms with Crippen LogP contribution in [0.15, 0.2) is 18.2 Å². The Kier molecular flexibility index (Phi) is 5.59. The van der Waals surface area contributed by atoms with Crippen LogP contribution in [0.25, 0.3) is 0 Å². The van der Waals surface area contributed by atoms with E-state index in [9.17, 15) is 9.50 Å². The van der Waals surface area contributed by atoms with E-state index in [-0.39, 0.29) is 18.0 Å². The minimum absolute atomic E-state index is 0.152. The molecule has 1 atom stereocenters. The van der Waals surface area contributed by atoms with Crippen molar-refractivity contribution in [3.8, 4) is 5.75 Å². The molecule has 21 heavy (non-hydrogen) atoms. The van der Waals surface area contributed by atoms with E-state index in [2.05, 4.69) is 12.2 Å². The fourth-order valence-corrected chi connectivity index (χ4v) is 2.51. The van der Waals surface area contributed by atoms with Crippen molar-refractivity contribution in [3.05, 3.63) is 29.6 Å². The maximum Gasteiger partial charge on any atom is 0.129 e. The van der Waals surface area contributed by atoms with Gasteiger partial charge in [0.2, 0.25) is 0 Å². The third-order valence-corrected chi connectivity index (χ3v) is 4.28. The quantitative estimate of drug-likeness (QED) is 0.688. The fourth-order valence-electron chi connectivity index (χ4n) is 2.51. The molecule has 0 heterocycles. The molecule has 1 aromatic rings. The van der Waals surface area contributed by atoms with Crippen LogP contribution in [0.3, 0.4) is 0 Å². The van der Waals surface area contributed by atoms with Crippen molar-refractivity contribution in [3.63, 3.8) is 0 Å². The average molecular weight is 295 g/mol. The first kappa shape index (κ1) is 16.2. The zero-order valence-electron chi connectivity index (χ0n) is 13.0. The first-order valence-electron chi connectivity index (χ1n) is 7.86. The predicted octanol–water partition coefficient (Wildman–Crippen LogP) is 3.19. The molecule has 1 aromatic carbocycles. The molecule has 0 saturated heterocycles. The van der Waals surface area contributed by atoms with Crippen LogP contribution in [0.4, 0.5) is 4.39 Å². The molecule has 1 unspecified atom stereocenters. The topological polar surface area (TPSA) is 41.5 Å². The number of aryl methyl sites for hydroxylation is 1. The number of halogens is 1. The highest BCUT2D eigenvalue weighted by molar-refractivity contribution is 5.27. The molecule has 0 amide bonds. The number of hydrogen-bond donors (Lipinski definition) is 2. The van der Waals surface area contributed by atoms with Crippen LogP contribution < -0.4 is 10.1 Å². The molecule has 2 rings (SSSR count). The van der Waals surface area contributed by atoms with Crippen LogP contribution in [-0.4, -0.2) is 29.9 Å². The van der Waals surface area contributed by atoms with Gasteiger partial charge in [-0.3, -0.25) is 0 Å². The molecule has 0 radical (unpaired) electrons. The third kappa shape index (κ3) is 4.68. The van der Waals surface area contributed by atoms with Crippen LogP contribution in [0.2, 0.25) is 0 Å². The van der Waals surface area contributed by atoms with Crippen molar-refractivity contribution < 1.29 is 14.2 Å². The lowest BCUT2D eigenvalue weighted by molar-refractivity contribution is 0.135. The van der Waals surface area contributed by atoms with Crippen LogP contribution in [0.5, 0.6) is 5.75 Å². The number of benzene rings is 1. The van der Waals surface area contributed by atoms with Gasteiger partial charge in [0.25, 0.3) is 0 Å². The fraction of sp³-hybridized carbons (Fsp3) is 0.647. The van der Waals surface area contributed by atoms with Gasteiger partial charge >= 0.3 is 0 Å². The molecule has 118 valence electrons. The van der Waals surface area contributed by atoms with Gasteiger partial charge in [0.1, 0.15) is 11.6 Å². The number of aliphatic hydroxyl groups excluding tert-OH is 1. The van der Waals surface area contributed by atoms with Gasteiger partial charge in [0.15, 0.2) is 0 Å². The zero-order chi connectivity index (χ0) is 15.3. The second-order valence-corrected chi connectivity index (χ2v) is 6.07. The van der Waals surface area contributed by atoms with E-state index in [1.807, 2.05) is 0 Å². The van der Waals surface area contributed by atoms with Crippen molar-refractivity contribution in [2.24, 2.45) is 0 Å². The van der Waals surface area contributed by atoms with Crippen LogP contribution in [0.1, 0.15) is 44.6 Å². The molecule has 0 spiro atoms. The van der Waals surface area contributed by atoms with Crippen molar-refractivity contribution >= 4 is 0 Å². The molecular weight excluding hydrogens is 269 g/mol. The number of nitrogens with one attached hydrogen (secondary N) is 1. The highest BCUT2D eigenvalue weighted by Gasteiger charge is 2.33. The van der Waals surface area contributed by atoms with Gasteiger partial charge in [-0.25, -0.2) is 4.39 Å². The van der Waals surface area contributed by atoms with Gasteiger partial charge in [-0.2, -0.15) is 0 Å². The van der Waals surface area contributed by atoms with Crippen molar-refractivity contribution in [2.75, 3.05) is 13.2 Å². The molecule has 1 aliphatic rings. The Morgan fingerprint density at radius 1 is 1.43 bits per heavy atom. The molecule has 1 aliphatic carbocycles. The highest BCUT2D eigenvalue weighted by Crippen LogP contribution is 2.27. The summed E-state index contributed by atoms with van der Waals surface area (Å²) in [5.74, 6) is 0.334. The van der Waals surface area contributed by atoms with E-state index in [1.54, 1.807) is 19.1 Å². The third-order valence-electron chi connectivity index (χ3n) is 4.28. The molecule has 1 saturated carbocycles. The van der Waals surface area contributed by atoms with Gasteiger partial charge in [0, 0.05) is 17.6 Å². The van der Waals surface area contributed by atoms with Crippen LogP contribution >= 0.6 is 0 Å². The first-order chi connectivity index (χ1) is 10.1. The second-order valence-electron chi connectivity index (χ2n) is 6.07. The van der Waals surface area contributed by atoms with Crippen molar-refractivity contribution in [1.82, 2.24) is 5.32 Å². The van der Waals surface area contributed by atoms with E-state index >= 15 is 0 Å². The Bertz CT molecular complexity index is 456. The maximum absolute atomic E-state index is 13.4. The molecule has 3 nitrogen and oxygen atoms in total. The summed E-state index contributed by atoms with van der Waals surface area (Å²) in [6, 6.07) is 5.52. The smallest absolute Gasteiger partial charge is 0.129 e. The summed E-state index contributed by atoms with van der Waals surface area (Å²) >= 11 is 0. The molecular formula is C17H26FNO2. The Morgan fingerprint density at radius 2 is 2.19 bits per heavy atom. The molecule has 2 N–H and O–H groups in total. The van der Waals surface area contributed by atoms with Crippen LogP contribution in [-0.2, 0) is 0 Å². The van der Waals surface area contributed by atoms with Gasteiger partial charge < -0.3 is 15.2 Å². The summed E-state index contributed by atoms with van der Waals surface area (Å²) in [5.41, 5.74) is 0.435. The summed E-state index contributed by atoms with van der Waals surface area (Å²) < 4.78 is 19.0. The highest BCUT2D eigenvalue weighted by atomic mass is 19.1. The Morgan fingerprint density at radius 3 is 2.76 bits per heavy atom. The second kappa shape index (κ2) is 7.23. The Labute approximate surface area is 126 Å². The largest absolute Gasteiger partial charge is 0.493 e. The number of hydrogen-bond acceptors (Lipinski definition) is 3. The van der Waals surface area contributed by atoms with E-state index in [4.69, 9.17) is 4.74 Å². The van der Waals surface area contributed by atoms with E-state index in [1.165, 1.54) is 18.9 Å². The Balaban J connectivity index is 1.77. The average Bonchev–Trinajstić information content (AvgIpc) is 3.30. The minimum Gasteiger partial charge on any atom is -0.493 e. The Hall–Kier alpha value is -1.13. The first-order valence-corrected chi connectivity index (χ1v) is 7.86. The summed E-state index contributed by atoms with van der Waals surface area (Å²) in [6.45, 7) is 4.52. The lowest BCUT2D eigenvalue weighted by Gasteiger charge is -2.32. The lowest BCUT2D eigenvalue weighted by atomic mass is 9.91. The summed E-state index contributed by atoms with van der Waals surface area (Å²) in [4.78, 5) is 0. The zero-order valence-corrected chi connectivity index (χ0v) is 13.0. The monoisotopic (exact) mass is 295 g/mol. The van der Waals surface area contributed by atoms with E-state index in [0.717, 1.165) is 19.3 Å². The van der Waals surface area contributed by atoms with Gasteiger partial charge in [-0.1, -0.05) is 13.0 Å². The summed E-state index contributed by atoms with van der Waals surface area (Å²) in [6.07, 6.45) is 5.02. The van der Waals surface area contributed by atoms with Crippen molar-refractivity contribution in [2.45, 2.75) is 57.5 Å². The standard InChI is InChI=1S/C17H26FNO2/c1-3-17(12-20,19-14-6-7-14)9-4-10-21-15-8-5-13(2)16(18)11-15/h5,8,11,14,19-20H,3-4,6-7,9-10,12H2,1-2H3. The molecule has 0 bridgehead atoms. The normalized spacial score (nSPS) is 17.5. The maximum atomic E-state index is 13.4. The molecule has 0 aromatic heterocycles. The number of aliphatic hydroxyl groups is 1. The SMILES string of the molecule is CCC(CO)(CCCOc1ccc(C)c(F)c1)NC1CC1. The van der Waals surface area contributed by atoms with Gasteiger partial charge in [0.05, 0.1) is 13.2 Å². The number of ether oxygens (including phenoxy) is 1. The molecule has 0 aliphatic heterocycles. The lowest BCUT2D eigenvalue weighted by Crippen LogP contribution is -2.49. The van der Waals surface area contributed by atoms with Gasteiger partial charge in [-0.05, 0) is 50.7 Å². The van der Waals surface area contributed by atoms with E-state index < -0.39 is 0 Å². The minimum atomic E-state index is -0.235. The number of rotatable bonds is 9. The summed E-state index contributed by atoms with van der Waals surface area (Å²) in [5, 5.41) is 13.2. The summed E-state index contributed by atoms with van der Waals surface area (Å²) in [7, 11) is 0. The molecule has 4 heteroatoms. The van der Waals surface area contributed by atoms with Gasteiger partial charge in [-0.15, -0.1) is 0 Å². The van der Waals surface area contributed by atoms with Crippen LogP contribution in [0, 0.1) is 12.7 Å². The predicted molar refractivity (Wildman–Crippen MR) is 82.1 cm³/mol. The molecule has 1 fully saturated rings. The van der Waals surface area contributed by atoms with Crippen molar-refractivity contribution in [1.29, 1.82) is 0 Å². The van der Waals surface area contributed by atoms with E-state index in [0.29, 0.717) is 24.0 Å².